The summed E-state index contributed by atoms with van der Waals surface area (Å²) in [6, 6.07) is 11.6. The molecule has 0 aliphatic rings. The van der Waals surface area contributed by atoms with Gasteiger partial charge in [-0.2, -0.15) is 0 Å². The second kappa shape index (κ2) is 5.26. The van der Waals surface area contributed by atoms with E-state index in [1.165, 1.54) is 12.1 Å². The van der Waals surface area contributed by atoms with Crippen LogP contribution >= 0.6 is 15.9 Å². The second-order valence-electron chi connectivity index (χ2n) is 4.48. The normalized spacial score (nSPS) is 10.8. The van der Waals surface area contributed by atoms with Gasteiger partial charge in [-0.1, -0.05) is 0 Å². The van der Waals surface area contributed by atoms with Gasteiger partial charge < -0.3 is 14.3 Å². The van der Waals surface area contributed by atoms with Crippen LogP contribution in [0.4, 0.5) is 0 Å². The summed E-state index contributed by atoms with van der Waals surface area (Å²) in [5, 5.41) is 10.1. The van der Waals surface area contributed by atoms with Gasteiger partial charge in [0.2, 0.25) is 0 Å². The topological polar surface area (TPSA) is 59.7 Å². The molecule has 2 aromatic carbocycles. The number of methoxy groups -OCH3 is 1. The quantitative estimate of drug-likeness (QED) is 0.763. The largest absolute Gasteiger partial charge is 0.507 e. The molecular weight excluding hydrogens is 336 g/mol. The highest BCUT2D eigenvalue weighted by atomic mass is 79.9. The van der Waals surface area contributed by atoms with Crippen LogP contribution in [0.25, 0.3) is 22.3 Å². The van der Waals surface area contributed by atoms with Crippen molar-refractivity contribution in [2.45, 2.75) is 0 Å². The van der Waals surface area contributed by atoms with E-state index in [-0.39, 0.29) is 11.2 Å². The molecule has 3 aromatic rings. The van der Waals surface area contributed by atoms with E-state index in [4.69, 9.17) is 9.15 Å². The molecule has 4 nitrogen and oxygen atoms in total. The summed E-state index contributed by atoms with van der Waals surface area (Å²) < 4.78 is 11.2. The molecule has 0 aliphatic heterocycles. The fraction of sp³-hybridized carbons (Fsp3) is 0.0625. The highest BCUT2D eigenvalue weighted by Gasteiger charge is 2.12. The third kappa shape index (κ3) is 2.40. The maximum Gasteiger partial charge on any atom is 0.193 e. The average Bonchev–Trinajstić information content (AvgIpc) is 2.51. The first kappa shape index (κ1) is 13.7. The van der Waals surface area contributed by atoms with Crippen LogP contribution in [0.2, 0.25) is 0 Å². The summed E-state index contributed by atoms with van der Waals surface area (Å²) in [6.07, 6.45) is 0. The van der Waals surface area contributed by atoms with Gasteiger partial charge in [-0.15, -0.1) is 0 Å². The van der Waals surface area contributed by atoms with Crippen LogP contribution in [-0.2, 0) is 0 Å². The van der Waals surface area contributed by atoms with Crippen molar-refractivity contribution in [2.75, 3.05) is 7.11 Å². The number of phenolic OH excluding ortho intramolecular Hbond substituents is 1. The molecule has 0 fully saturated rings. The zero-order valence-corrected chi connectivity index (χ0v) is 12.7. The number of hydrogen-bond acceptors (Lipinski definition) is 4. The van der Waals surface area contributed by atoms with Crippen molar-refractivity contribution in [2.24, 2.45) is 0 Å². The minimum absolute atomic E-state index is 0.0255. The Morgan fingerprint density at radius 2 is 1.86 bits per heavy atom. The predicted molar refractivity (Wildman–Crippen MR) is 83.8 cm³/mol. The van der Waals surface area contributed by atoms with Crippen molar-refractivity contribution < 1.29 is 14.3 Å². The molecule has 21 heavy (non-hydrogen) atoms. The van der Waals surface area contributed by atoms with Gasteiger partial charge in [-0.05, 0) is 52.3 Å². The molecule has 0 radical (unpaired) electrons. The van der Waals surface area contributed by atoms with E-state index < -0.39 is 0 Å². The molecule has 0 bridgehead atoms. The number of rotatable bonds is 2. The van der Waals surface area contributed by atoms with E-state index in [2.05, 4.69) is 15.9 Å². The summed E-state index contributed by atoms with van der Waals surface area (Å²) in [6.45, 7) is 0. The molecule has 0 aliphatic carbocycles. The van der Waals surface area contributed by atoms with Crippen molar-refractivity contribution in [1.29, 1.82) is 0 Å². The SMILES string of the molecule is COc1ccc(-c2cc(=O)c3ccc(O)c(Br)c3o2)cc1. The molecule has 5 heteroatoms. The Kier molecular flexibility index (Phi) is 3.43. The first-order valence-electron chi connectivity index (χ1n) is 6.20. The molecular formula is C16H11BrO4. The summed E-state index contributed by atoms with van der Waals surface area (Å²) >= 11 is 3.24. The van der Waals surface area contributed by atoms with Gasteiger partial charge in [0.05, 0.1) is 12.5 Å². The van der Waals surface area contributed by atoms with E-state index in [9.17, 15) is 9.90 Å². The number of fused-ring (bicyclic) bond motifs is 1. The first-order valence-corrected chi connectivity index (χ1v) is 6.99. The Balaban J connectivity index is 2.23. The number of ether oxygens (including phenoxy) is 1. The van der Waals surface area contributed by atoms with Gasteiger partial charge in [0, 0.05) is 11.6 Å². The summed E-state index contributed by atoms with van der Waals surface area (Å²) in [4.78, 5) is 12.2. The van der Waals surface area contributed by atoms with Gasteiger partial charge in [0.1, 0.15) is 21.7 Å². The fourth-order valence-electron chi connectivity index (χ4n) is 2.07. The Morgan fingerprint density at radius 3 is 2.52 bits per heavy atom. The third-order valence-electron chi connectivity index (χ3n) is 3.19. The van der Waals surface area contributed by atoms with Crippen molar-refractivity contribution in [3.63, 3.8) is 0 Å². The number of benzene rings is 2. The number of hydrogen-bond donors (Lipinski definition) is 1. The molecule has 0 unspecified atom stereocenters. The highest BCUT2D eigenvalue weighted by Crippen LogP contribution is 2.33. The molecule has 1 N–H and O–H groups in total. The van der Waals surface area contributed by atoms with E-state index in [1.807, 2.05) is 0 Å². The lowest BCUT2D eigenvalue weighted by Gasteiger charge is -2.06. The lowest BCUT2D eigenvalue weighted by molar-refractivity contribution is 0.415. The van der Waals surface area contributed by atoms with Crippen LogP contribution in [0.5, 0.6) is 11.5 Å². The zero-order valence-electron chi connectivity index (χ0n) is 11.1. The maximum absolute atomic E-state index is 12.2. The third-order valence-corrected chi connectivity index (χ3v) is 3.96. The van der Waals surface area contributed by atoms with Gasteiger partial charge >= 0.3 is 0 Å². The Morgan fingerprint density at radius 1 is 1.14 bits per heavy atom. The molecule has 0 amide bonds. The molecule has 106 valence electrons. The van der Waals surface area contributed by atoms with E-state index in [1.54, 1.807) is 37.4 Å². The van der Waals surface area contributed by atoms with Gasteiger partial charge in [0.15, 0.2) is 11.0 Å². The zero-order chi connectivity index (χ0) is 15.0. The van der Waals surface area contributed by atoms with E-state index in [0.29, 0.717) is 21.2 Å². The molecule has 3 rings (SSSR count). The predicted octanol–water partition coefficient (Wildman–Crippen LogP) is 3.94. The summed E-state index contributed by atoms with van der Waals surface area (Å²) in [7, 11) is 1.59. The number of halogens is 1. The summed E-state index contributed by atoms with van der Waals surface area (Å²) in [5.41, 5.74) is 0.918. The van der Waals surface area contributed by atoms with Crippen LogP contribution in [0, 0.1) is 0 Å². The van der Waals surface area contributed by atoms with Crippen molar-refractivity contribution in [1.82, 2.24) is 0 Å². The van der Waals surface area contributed by atoms with Crippen LogP contribution in [-0.4, -0.2) is 12.2 Å². The van der Waals surface area contributed by atoms with Gasteiger partial charge in [0.25, 0.3) is 0 Å². The van der Waals surface area contributed by atoms with Crippen molar-refractivity contribution in [3.05, 3.63) is 57.2 Å². The standard InChI is InChI=1S/C16H11BrO4/c1-20-10-4-2-9(3-5-10)14-8-13(19)11-6-7-12(18)15(17)16(11)21-14/h2-8,18H,1H3. The fourth-order valence-corrected chi connectivity index (χ4v) is 2.50. The minimum atomic E-state index is -0.164. The van der Waals surface area contributed by atoms with Crippen LogP contribution in [0.15, 0.2) is 56.1 Å². The van der Waals surface area contributed by atoms with Crippen LogP contribution in [0.3, 0.4) is 0 Å². The number of phenols is 1. The maximum atomic E-state index is 12.2. The highest BCUT2D eigenvalue weighted by molar-refractivity contribution is 9.10. The Hall–Kier alpha value is -2.27. The first-order chi connectivity index (χ1) is 10.1. The van der Waals surface area contributed by atoms with Crippen LogP contribution in [0.1, 0.15) is 0 Å². The van der Waals surface area contributed by atoms with Gasteiger partial charge in [-0.3, -0.25) is 4.79 Å². The van der Waals surface area contributed by atoms with E-state index in [0.717, 1.165) is 11.3 Å². The average molecular weight is 347 g/mol. The molecule has 0 spiro atoms. The Bertz CT molecular complexity index is 866. The lowest BCUT2D eigenvalue weighted by atomic mass is 10.1. The molecule has 0 atom stereocenters. The van der Waals surface area contributed by atoms with Gasteiger partial charge in [-0.25, -0.2) is 0 Å². The lowest BCUT2D eigenvalue weighted by Crippen LogP contribution is -2.00. The van der Waals surface area contributed by atoms with Crippen LogP contribution < -0.4 is 10.2 Å². The van der Waals surface area contributed by atoms with Crippen molar-refractivity contribution in [3.8, 4) is 22.8 Å². The van der Waals surface area contributed by atoms with Crippen molar-refractivity contribution >= 4 is 26.9 Å². The minimum Gasteiger partial charge on any atom is -0.507 e. The number of aromatic hydroxyl groups is 1. The second-order valence-corrected chi connectivity index (χ2v) is 5.27. The molecule has 1 heterocycles. The Labute approximate surface area is 128 Å². The summed E-state index contributed by atoms with van der Waals surface area (Å²) in [5.74, 6) is 1.18. The smallest absolute Gasteiger partial charge is 0.193 e. The monoisotopic (exact) mass is 346 g/mol. The molecule has 1 aromatic heterocycles. The van der Waals surface area contributed by atoms with E-state index >= 15 is 0 Å². The molecule has 0 saturated heterocycles. The molecule has 0 saturated carbocycles.